The fourth-order valence-electron chi connectivity index (χ4n) is 3.44. The fraction of sp³-hybridized carbons (Fsp3) is 0.238. The van der Waals surface area contributed by atoms with Crippen molar-refractivity contribution in [1.82, 2.24) is 25.3 Å². The predicted molar refractivity (Wildman–Crippen MR) is 109 cm³/mol. The number of anilines is 2. The molecule has 1 aliphatic heterocycles. The maximum atomic E-state index is 13.2. The molecule has 2 N–H and O–H groups in total. The van der Waals surface area contributed by atoms with Gasteiger partial charge >= 0.3 is 6.09 Å². The molecule has 0 atom stereocenters. The molecule has 30 heavy (non-hydrogen) atoms. The number of hydrogen-bond donors (Lipinski definition) is 2. The van der Waals surface area contributed by atoms with Crippen LogP contribution in [0.5, 0.6) is 0 Å². The first-order valence-corrected chi connectivity index (χ1v) is 9.33. The minimum Gasteiger partial charge on any atom is -0.465 e. The van der Waals surface area contributed by atoms with E-state index in [1.165, 1.54) is 12.4 Å². The molecule has 1 aromatic carbocycles. The van der Waals surface area contributed by atoms with Gasteiger partial charge in [0.2, 0.25) is 5.91 Å². The molecule has 9 heteroatoms. The Kier molecular flexibility index (Phi) is 4.65. The molecular weight excluding hydrogens is 384 g/mol. The van der Waals surface area contributed by atoms with E-state index < -0.39 is 11.5 Å². The minimum absolute atomic E-state index is 0.0107. The van der Waals surface area contributed by atoms with Crippen LogP contribution in [0.4, 0.5) is 16.2 Å². The first kappa shape index (κ1) is 19.4. The van der Waals surface area contributed by atoms with Crippen molar-refractivity contribution in [3.63, 3.8) is 0 Å². The van der Waals surface area contributed by atoms with Crippen molar-refractivity contribution in [2.75, 3.05) is 4.90 Å². The van der Waals surface area contributed by atoms with Crippen molar-refractivity contribution in [1.29, 1.82) is 0 Å². The molecule has 0 aliphatic carbocycles. The Balaban J connectivity index is 1.73. The summed E-state index contributed by atoms with van der Waals surface area (Å²) < 4.78 is 0. The Morgan fingerprint density at radius 2 is 1.73 bits per heavy atom. The first-order valence-electron chi connectivity index (χ1n) is 9.33. The second-order valence-electron chi connectivity index (χ2n) is 7.53. The number of fused-ring (bicyclic) bond motifs is 1. The molecular formula is C21H20N6O3. The number of rotatable bonds is 4. The van der Waals surface area contributed by atoms with Gasteiger partial charge in [0.15, 0.2) is 0 Å². The third-order valence-corrected chi connectivity index (χ3v) is 5.11. The van der Waals surface area contributed by atoms with E-state index in [1.54, 1.807) is 17.3 Å². The third kappa shape index (κ3) is 3.34. The molecule has 9 nitrogen and oxygen atoms in total. The molecule has 0 spiro atoms. The number of carbonyl (C=O) groups is 2. The summed E-state index contributed by atoms with van der Waals surface area (Å²) in [4.78, 5) is 42.4. The van der Waals surface area contributed by atoms with Crippen LogP contribution in [0.15, 0.2) is 43.0 Å². The van der Waals surface area contributed by atoms with E-state index in [9.17, 15) is 9.59 Å². The lowest BCUT2D eigenvalue weighted by atomic mass is 9.85. The number of nitrogens with zero attached hydrogens (tertiary/aromatic N) is 5. The first-order chi connectivity index (χ1) is 14.3. The lowest BCUT2D eigenvalue weighted by molar-refractivity contribution is -0.121. The second kappa shape index (κ2) is 7.18. The summed E-state index contributed by atoms with van der Waals surface area (Å²) in [6.07, 6.45) is 5.40. The lowest BCUT2D eigenvalue weighted by Gasteiger charge is -2.20. The molecule has 0 fully saturated rings. The zero-order valence-corrected chi connectivity index (χ0v) is 16.7. The van der Waals surface area contributed by atoms with Crippen molar-refractivity contribution >= 4 is 23.4 Å². The van der Waals surface area contributed by atoms with Gasteiger partial charge in [0.25, 0.3) is 0 Å². The Bertz CT molecular complexity index is 1130. The summed E-state index contributed by atoms with van der Waals surface area (Å²) in [5, 5.41) is 10.9. The molecule has 2 amide bonds. The summed E-state index contributed by atoms with van der Waals surface area (Å²) >= 11 is 0. The van der Waals surface area contributed by atoms with E-state index in [2.05, 4.69) is 25.3 Å². The zero-order chi connectivity index (χ0) is 21.5. The summed E-state index contributed by atoms with van der Waals surface area (Å²) in [6.45, 7) is 5.58. The van der Waals surface area contributed by atoms with E-state index in [0.29, 0.717) is 17.3 Å². The number of nitrogens with one attached hydrogen (secondary N) is 1. The predicted octanol–water partition coefficient (Wildman–Crippen LogP) is 2.97. The summed E-state index contributed by atoms with van der Waals surface area (Å²) in [5.41, 5.74) is 3.22. The number of aryl methyl sites for hydroxylation is 1. The van der Waals surface area contributed by atoms with Gasteiger partial charge in [0, 0.05) is 18.0 Å². The molecule has 3 aromatic rings. The highest BCUT2D eigenvalue weighted by molar-refractivity contribution is 6.12. The average Bonchev–Trinajstić information content (AvgIpc) is 2.93. The Hall–Kier alpha value is -3.88. The van der Waals surface area contributed by atoms with Crippen LogP contribution >= 0.6 is 0 Å². The molecule has 152 valence electrons. The van der Waals surface area contributed by atoms with Gasteiger partial charge < -0.3 is 10.4 Å². The largest absolute Gasteiger partial charge is 0.465 e. The van der Waals surface area contributed by atoms with Crippen LogP contribution in [-0.4, -0.2) is 37.0 Å². The lowest BCUT2D eigenvalue weighted by Crippen LogP contribution is -2.33. The number of carbonyl (C=O) groups excluding carboxylic acids is 1. The van der Waals surface area contributed by atoms with Gasteiger partial charge in [-0.2, -0.15) is 0 Å². The molecule has 0 unspecified atom stereocenters. The van der Waals surface area contributed by atoms with Crippen LogP contribution in [-0.2, 0) is 16.8 Å². The van der Waals surface area contributed by atoms with Crippen LogP contribution < -0.4 is 10.2 Å². The highest BCUT2D eigenvalue weighted by Crippen LogP contribution is 2.46. The van der Waals surface area contributed by atoms with Crippen LogP contribution in [0.3, 0.4) is 0 Å². The van der Waals surface area contributed by atoms with Crippen molar-refractivity contribution in [3.8, 4) is 11.1 Å². The molecule has 3 heterocycles. The number of benzene rings is 1. The van der Waals surface area contributed by atoms with Gasteiger partial charge in [-0.1, -0.05) is 12.1 Å². The topological polar surface area (TPSA) is 121 Å². The van der Waals surface area contributed by atoms with E-state index in [1.807, 2.05) is 39.0 Å². The van der Waals surface area contributed by atoms with Crippen molar-refractivity contribution in [2.24, 2.45) is 0 Å². The third-order valence-electron chi connectivity index (χ3n) is 5.11. The number of hydrogen-bond acceptors (Lipinski definition) is 6. The Morgan fingerprint density at radius 1 is 1.07 bits per heavy atom. The van der Waals surface area contributed by atoms with E-state index in [0.717, 1.165) is 22.4 Å². The maximum absolute atomic E-state index is 13.2. The minimum atomic E-state index is -1.15. The highest BCUT2D eigenvalue weighted by Gasteiger charge is 2.44. The van der Waals surface area contributed by atoms with E-state index in [4.69, 9.17) is 5.11 Å². The Labute approximate surface area is 172 Å². The molecule has 0 radical (unpaired) electrons. The van der Waals surface area contributed by atoms with Crippen LogP contribution in [0, 0.1) is 6.92 Å². The van der Waals surface area contributed by atoms with Crippen LogP contribution in [0.2, 0.25) is 0 Å². The average molecular weight is 404 g/mol. The maximum Gasteiger partial charge on any atom is 0.405 e. The smallest absolute Gasteiger partial charge is 0.405 e. The zero-order valence-electron chi connectivity index (χ0n) is 16.7. The van der Waals surface area contributed by atoms with Crippen molar-refractivity contribution in [2.45, 2.75) is 32.7 Å². The number of aromatic nitrogens is 4. The second-order valence-corrected chi connectivity index (χ2v) is 7.53. The number of carboxylic acid groups (broad SMARTS) is 1. The Morgan fingerprint density at radius 3 is 2.37 bits per heavy atom. The number of amides is 2. The standard InChI is InChI=1S/C21H20N6O3/c1-12-22-7-14(8-23-12)13-4-5-16-17(6-13)27(19(28)21(16,2)3)15-9-24-18(25-10-15)11-26-20(29)30/h4-10,26H,11H2,1-3H3,(H,29,30). The van der Waals surface area contributed by atoms with Gasteiger partial charge in [-0.25, -0.2) is 24.7 Å². The van der Waals surface area contributed by atoms with Crippen molar-refractivity contribution in [3.05, 3.63) is 60.2 Å². The molecule has 0 bridgehead atoms. The quantitative estimate of drug-likeness (QED) is 0.685. The highest BCUT2D eigenvalue weighted by atomic mass is 16.4. The van der Waals surface area contributed by atoms with Gasteiger partial charge in [-0.3, -0.25) is 9.69 Å². The molecule has 4 rings (SSSR count). The monoisotopic (exact) mass is 404 g/mol. The SMILES string of the molecule is Cc1ncc(-c2ccc3c(c2)N(c2cnc(CNC(=O)O)nc2)C(=O)C3(C)C)cn1. The summed E-state index contributed by atoms with van der Waals surface area (Å²) in [6, 6.07) is 5.85. The van der Waals surface area contributed by atoms with Gasteiger partial charge in [0.1, 0.15) is 11.6 Å². The molecule has 1 aliphatic rings. The van der Waals surface area contributed by atoms with Gasteiger partial charge in [-0.15, -0.1) is 0 Å². The summed E-state index contributed by atoms with van der Waals surface area (Å²) in [7, 11) is 0. The summed E-state index contributed by atoms with van der Waals surface area (Å²) in [5.74, 6) is 0.917. The van der Waals surface area contributed by atoms with E-state index in [-0.39, 0.29) is 12.5 Å². The normalized spacial score (nSPS) is 14.5. The van der Waals surface area contributed by atoms with Crippen LogP contribution in [0.25, 0.3) is 11.1 Å². The molecule has 0 saturated carbocycles. The van der Waals surface area contributed by atoms with Gasteiger partial charge in [0.05, 0.1) is 35.7 Å². The van der Waals surface area contributed by atoms with E-state index >= 15 is 0 Å². The van der Waals surface area contributed by atoms with Crippen molar-refractivity contribution < 1.29 is 14.7 Å². The molecule has 2 aromatic heterocycles. The molecule has 0 saturated heterocycles. The fourth-order valence-corrected chi connectivity index (χ4v) is 3.44. The van der Waals surface area contributed by atoms with Gasteiger partial charge in [-0.05, 0) is 38.0 Å². The van der Waals surface area contributed by atoms with Crippen LogP contribution in [0.1, 0.15) is 31.1 Å².